The lowest BCUT2D eigenvalue weighted by Crippen LogP contribution is -2.48. The number of nitrogens with one attached hydrogen (secondary N) is 1. The number of benzene rings is 1. The van der Waals surface area contributed by atoms with Crippen molar-refractivity contribution in [2.24, 2.45) is 5.73 Å². The summed E-state index contributed by atoms with van der Waals surface area (Å²) in [6, 6.07) is 7.11. The van der Waals surface area contributed by atoms with Crippen LogP contribution < -0.4 is 11.1 Å². The van der Waals surface area contributed by atoms with Crippen molar-refractivity contribution in [2.45, 2.75) is 32.2 Å². The Bertz CT molecular complexity index is 377. The van der Waals surface area contributed by atoms with Gasteiger partial charge in [0.15, 0.2) is 0 Å². The van der Waals surface area contributed by atoms with Gasteiger partial charge in [-0.1, -0.05) is 37.1 Å². The predicted molar refractivity (Wildman–Crippen MR) is 67.6 cm³/mol. The molecule has 0 fully saturated rings. The molecule has 4 heteroatoms. The van der Waals surface area contributed by atoms with Crippen LogP contribution >= 0.6 is 11.6 Å². The zero-order chi connectivity index (χ0) is 12.2. The lowest BCUT2D eigenvalue weighted by atomic mass is 9.96. The lowest BCUT2D eigenvalue weighted by Gasteiger charge is -2.23. The fraction of sp³-hybridized carbons (Fsp3) is 0.417. The van der Waals surface area contributed by atoms with Crippen molar-refractivity contribution in [1.82, 2.24) is 0 Å². The largest absolute Gasteiger partial charge is 0.323 e. The highest BCUT2D eigenvalue weighted by atomic mass is 35.5. The van der Waals surface area contributed by atoms with Crippen LogP contribution in [0.3, 0.4) is 0 Å². The number of carbonyl (C=O) groups is 1. The second-order valence-corrected chi connectivity index (χ2v) is 4.51. The summed E-state index contributed by atoms with van der Waals surface area (Å²) in [6.45, 7) is 3.72. The van der Waals surface area contributed by atoms with Gasteiger partial charge >= 0.3 is 0 Å². The van der Waals surface area contributed by atoms with E-state index < -0.39 is 5.54 Å². The van der Waals surface area contributed by atoms with Gasteiger partial charge in [0.1, 0.15) is 0 Å². The summed E-state index contributed by atoms with van der Waals surface area (Å²) >= 11 is 5.94. The molecule has 0 radical (unpaired) electrons. The molecule has 0 spiro atoms. The van der Waals surface area contributed by atoms with Crippen molar-refractivity contribution < 1.29 is 4.79 Å². The molecule has 1 atom stereocenters. The fourth-order valence-corrected chi connectivity index (χ4v) is 1.64. The van der Waals surface area contributed by atoms with Gasteiger partial charge in [0.05, 0.1) is 16.2 Å². The number of halogens is 1. The molecule has 1 rings (SSSR count). The number of rotatable bonds is 4. The van der Waals surface area contributed by atoms with E-state index in [-0.39, 0.29) is 5.91 Å². The maximum atomic E-state index is 11.9. The molecule has 1 aromatic carbocycles. The molecule has 0 saturated heterocycles. The summed E-state index contributed by atoms with van der Waals surface area (Å²) in [5.74, 6) is -0.206. The van der Waals surface area contributed by atoms with E-state index in [1.54, 1.807) is 19.1 Å². The zero-order valence-corrected chi connectivity index (χ0v) is 10.3. The molecular weight excluding hydrogens is 224 g/mol. The van der Waals surface area contributed by atoms with Crippen molar-refractivity contribution in [3.63, 3.8) is 0 Å². The first kappa shape index (κ1) is 13.0. The third-order valence-electron chi connectivity index (χ3n) is 2.41. The Morgan fingerprint density at radius 1 is 1.50 bits per heavy atom. The van der Waals surface area contributed by atoms with Gasteiger partial charge in [0.2, 0.25) is 5.91 Å². The lowest BCUT2D eigenvalue weighted by molar-refractivity contribution is -0.120. The van der Waals surface area contributed by atoms with Crippen LogP contribution in [0.1, 0.15) is 26.7 Å². The number of hydrogen-bond donors (Lipinski definition) is 2. The summed E-state index contributed by atoms with van der Waals surface area (Å²) in [5, 5.41) is 3.26. The van der Waals surface area contributed by atoms with Crippen LogP contribution in [0.15, 0.2) is 24.3 Å². The summed E-state index contributed by atoms with van der Waals surface area (Å²) in [7, 11) is 0. The average Bonchev–Trinajstić information content (AvgIpc) is 2.21. The zero-order valence-electron chi connectivity index (χ0n) is 9.59. The van der Waals surface area contributed by atoms with E-state index in [1.165, 1.54) is 0 Å². The van der Waals surface area contributed by atoms with Crippen molar-refractivity contribution in [3.05, 3.63) is 29.3 Å². The third kappa shape index (κ3) is 3.22. The van der Waals surface area contributed by atoms with Gasteiger partial charge in [-0.25, -0.2) is 0 Å². The molecule has 0 heterocycles. The Morgan fingerprint density at radius 2 is 2.12 bits per heavy atom. The van der Waals surface area contributed by atoms with Gasteiger partial charge < -0.3 is 11.1 Å². The molecule has 0 aliphatic carbocycles. The molecule has 3 nitrogen and oxygen atoms in total. The second kappa shape index (κ2) is 5.32. The molecule has 16 heavy (non-hydrogen) atoms. The smallest absolute Gasteiger partial charge is 0.244 e. The minimum absolute atomic E-state index is 0.206. The van der Waals surface area contributed by atoms with Gasteiger partial charge in [-0.05, 0) is 25.5 Å². The first-order valence-electron chi connectivity index (χ1n) is 5.32. The SMILES string of the molecule is CCCC(C)(N)C(=O)Nc1ccccc1Cl. The highest BCUT2D eigenvalue weighted by Gasteiger charge is 2.27. The molecule has 3 N–H and O–H groups in total. The molecule has 0 aromatic heterocycles. The van der Waals surface area contributed by atoms with Crippen LogP contribution in [0.25, 0.3) is 0 Å². The van der Waals surface area contributed by atoms with Crippen LogP contribution in [0.5, 0.6) is 0 Å². The van der Waals surface area contributed by atoms with Crippen molar-refractivity contribution in [2.75, 3.05) is 5.32 Å². The summed E-state index contributed by atoms with van der Waals surface area (Å²) in [5.41, 5.74) is 5.66. The minimum atomic E-state index is -0.853. The van der Waals surface area contributed by atoms with E-state index in [2.05, 4.69) is 5.32 Å². The van der Waals surface area contributed by atoms with Gasteiger partial charge in [-0.2, -0.15) is 0 Å². The number of hydrogen-bond acceptors (Lipinski definition) is 2. The van der Waals surface area contributed by atoms with Crippen molar-refractivity contribution in [1.29, 1.82) is 0 Å². The molecule has 1 unspecified atom stereocenters. The second-order valence-electron chi connectivity index (χ2n) is 4.10. The van der Waals surface area contributed by atoms with E-state index >= 15 is 0 Å². The van der Waals surface area contributed by atoms with Gasteiger partial charge in [0.25, 0.3) is 0 Å². The molecule has 88 valence electrons. The molecule has 0 saturated carbocycles. The normalized spacial score (nSPS) is 14.2. The highest BCUT2D eigenvalue weighted by Crippen LogP contribution is 2.22. The number of anilines is 1. The monoisotopic (exact) mass is 240 g/mol. The Hall–Kier alpha value is -1.06. The Kier molecular flexibility index (Phi) is 4.33. The van der Waals surface area contributed by atoms with Crippen molar-refractivity contribution >= 4 is 23.2 Å². The van der Waals surface area contributed by atoms with Gasteiger partial charge in [-0.3, -0.25) is 4.79 Å². The van der Waals surface area contributed by atoms with Gasteiger partial charge in [0, 0.05) is 0 Å². The number of amides is 1. The number of carbonyl (C=O) groups excluding carboxylic acids is 1. The van der Waals surface area contributed by atoms with E-state index in [9.17, 15) is 4.79 Å². The highest BCUT2D eigenvalue weighted by molar-refractivity contribution is 6.33. The Balaban J connectivity index is 2.75. The average molecular weight is 241 g/mol. The van der Waals surface area contributed by atoms with Crippen LogP contribution in [-0.4, -0.2) is 11.4 Å². The first-order chi connectivity index (χ1) is 7.47. The molecule has 0 bridgehead atoms. The molecule has 1 amide bonds. The molecule has 1 aromatic rings. The van der Waals surface area contributed by atoms with Crippen LogP contribution in [-0.2, 0) is 4.79 Å². The third-order valence-corrected chi connectivity index (χ3v) is 2.74. The molecule has 0 aliphatic heterocycles. The predicted octanol–water partition coefficient (Wildman–Crippen LogP) is 2.80. The van der Waals surface area contributed by atoms with Gasteiger partial charge in [-0.15, -0.1) is 0 Å². The first-order valence-corrected chi connectivity index (χ1v) is 5.70. The van der Waals surface area contributed by atoms with E-state index in [1.807, 2.05) is 19.1 Å². The molecular formula is C12H17ClN2O. The Morgan fingerprint density at radius 3 is 2.69 bits per heavy atom. The topological polar surface area (TPSA) is 55.1 Å². The maximum absolute atomic E-state index is 11.9. The Labute approximate surface area is 101 Å². The fourth-order valence-electron chi connectivity index (χ4n) is 1.46. The number of nitrogens with two attached hydrogens (primary N) is 1. The summed E-state index contributed by atoms with van der Waals surface area (Å²) < 4.78 is 0. The quantitative estimate of drug-likeness (QED) is 0.850. The number of para-hydroxylation sites is 1. The van der Waals surface area contributed by atoms with E-state index in [4.69, 9.17) is 17.3 Å². The van der Waals surface area contributed by atoms with Crippen molar-refractivity contribution in [3.8, 4) is 0 Å². The maximum Gasteiger partial charge on any atom is 0.244 e. The minimum Gasteiger partial charge on any atom is -0.323 e. The van der Waals surface area contributed by atoms with E-state index in [0.29, 0.717) is 17.1 Å². The summed E-state index contributed by atoms with van der Waals surface area (Å²) in [4.78, 5) is 11.9. The standard InChI is InChI=1S/C12H17ClN2O/c1-3-8-12(2,14)11(16)15-10-7-5-4-6-9(10)13/h4-7H,3,8,14H2,1-2H3,(H,15,16). The van der Waals surface area contributed by atoms with E-state index in [0.717, 1.165) is 6.42 Å². The summed E-state index contributed by atoms with van der Waals surface area (Å²) in [6.07, 6.45) is 1.51. The van der Waals surface area contributed by atoms with Crippen LogP contribution in [0.4, 0.5) is 5.69 Å². The van der Waals surface area contributed by atoms with Crippen LogP contribution in [0, 0.1) is 0 Å². The van der Waals surface area contributed by atoms with Crippen LogP contribution in [0.2, 0.25) is 5.02 Å². The molecule has 0 aliphatic rings.